The first-order chi connectivity index (χ1) is 15.1. The van der Waals surface area contributed by atoms with Crippen LogP contribution in [0, 0.1) is 10.1 Å². The second-order valence-corrected chi connectivity index (χ2v) is 7.33. The Bertz CT molecular complexity index is 1080. The molecule has 0 aliphatic carbocycles. The fourth-order valence-corrected chi connectivity index (χ4v) is 3.83. The Morgan fingerprint density at radius 1 is 0.871 bits per heavy atom. The highest BCUT2D eigenvalue weighted by Gasteiger charge is 2.25. The third-order valence-corrected chi connectivity index (χ3v) is 5.53. The van der Waals surface area contributed by atoms with Crippen molar-refractivity contribution < 1.29 is 14.5 Å². The Morgan fingerprint density at radius 2 is 1.52 bits per heavy atom. The molecule has 1 heterocycles. The summed E-state index contributed by atoms with van der Waals surface area (Å²) in [5.74, 6) is 0.586. The Labute approximate surface area is 180 Å². The van der Waals surface area contributed by atoms with E-state index < -0.39 is 4.92 Å². The maximum atomic E-state index is 12.7. The van der Waals surface area contributed by atoms with Crippen molar-refractivity contribution in [2.24, 2.45) is 0 Å². The van der Waals surface area contributed by atoms with Crippen LogP contribution in [0.4, 0.5) is 17.1 Å². The summed E-state index contributed by atoms with van der Waals surface area (Å²) in [4.78, 5) is 28.3. The molecular formula is C24H23N3O4. The van der Waals surface area contributed by atoms with Gasteiger partial charge < -0.3 is 14.5 Å². The molecule has 7 heteroatoms. The van der Waals surface area contributed by atoms with Crippen molar-refractivity contribution >= 4 is 22.8 Å². The van der Waals surface area contributed by atoms with Crippen molar-refractivity contribution in [3.05, 3.63) is 94.0 Å². The maximum absolute atomic E-state index is 12.7. The van der Waals surface area contributed by atoms with Crippen LogP contribution >= 0.6 is 0 Å². The first kappa shape index (κ1) is 20.4. The highest BCUT2D eigenvalue weighted by Crippen LogP contribution is 2.31. The van der Waals surface area contributed by atoms with Crippen LogP contribution in [0.25, 0.3) is 0 Å². The number of methoxy groups -OCH3 is 1. The number of rotatable bonds is 6. The predicted octanol–water partition coefficient (Wildman–Crippen LogP) is 4.16. The summed E-state index contributed by atoms with van der Waals surface area (Å²) in [5, 5.41) is 11.8. The minimum absolute atomic E-state index is 0.0420. The third kappa shape index (κ3) is 4.35. The Balaban J connectivity index is 1.51. The van der Waals surface area contributed by atoms with Gasteiger partial charge in [0.05, 0.1) is 12.0 Å². The standard InChI is InChI=1S/C24H23N3O4/c1-31-21-10-8-20(9-11-21)25-13-15-26(16-14-25)22-12-7-19(17-23(22)27(29)30)24(28)18-5-3-2-4-6-18/h2-12,17H,13-16H2,1H3. The molecule has 0 atom stereocenters. The number of anilines is 2. The first-order valence-corrected chi connectivity index (χ1v) is 10.1. The van der Waals surface area contributed by atoms with Gasteiger partial charge in [-0.3, -0.25) is 14.9 Å². The van der Waals surface area contributed by atoms with Gasteiger partial charge in [0.2, 0.25) is 0 Å². The topological polar surface area (TPSA) is 75.9 Å². The minimum atomic E-state index is -0.410. The monoisotopic (exact) mass is 417 g/mol. The van der Waals surface area contributed by atoms with Crippen LogP contribution in [0.3, 0.4) is 0 Å². The number of carbonyl (C=O) groups is 1. The van der Waals surface area contributed by atoms with Crippen molar-refractivity contribution in [2.75, 3.05) is 43.1 Å². The number of hydrogen-bond acceptors (Lipinski definition) is 6. The number of nitrogens with zero attached hydrogens (tertiary/aromatic N) is 3. The second kappa shape index (κ2) is 8.87. The smallest absolute Gasteiger partial charge is 0.293 e. The number of ketones is 1. The van der Waals surface area contributed by atoms with Crippen molar-refractivity contribution in [3.8, 4) is 5.75 Å². The predicted molar refractivity (Wildman–Crippen MR) is 120 cm³/mol. The molecule has 4 rings (SSSR count). The van der Waals surface area contributed by atoms with Gasteiger partial charge in [0.15, 0.2) is 5.78 Å². The van der Waals surface area contributed by atoms with E-state index in [9.17, 15) is 14.9 Å². The normalized spacial score (nSPS) is 13.7. The van der Waals surface area contributed by atoms with Crippen LogP contribution in [-0.2, 0) is 0 Å². The van der Waals surface area contributed by atoms with Crippen molar-refractivity contribution in [3.63, 3.8) is 0 Å². The van der Waals surface area contributed by atoms with Gasteiger partial charge in [0.1, 0.15) is 11.4 Å². The fraction of sp³-hybridized carbons (Fsp3) is 0.208. The molecule has 1 aliphatic rings. The average Bonchev–Trinajstić information content (AvgIpc) is 2.84. The van der Waals surface area contributed by atoms with Gasteiger partial charge in [-0.25, -0.2) is 0 Å². The molecular weight excluding hydrogens is 394 g/mol. The van der Waals surface area contributed by atoms with E-state index in [0.29, 0.717) is 29.9 Å². The molecule has 158 valence electrons. The molecule has 0 unspecified atom stereocenters. The molecule has 3 aromatic rings. The van der Waals surface area contributed by atoms with Crippen LogP contribution in [0.5, 0.6) is 5.75 Å². The van der Waals surface area contributed by atoms with E-state index in [0.717, 1.165) is 24.5 Å². The summed E-state index contributed by atoms with van der Waals surface area (Å²) >= 11 is 0. The minimum Gasteiger partial charge on any atom is -0.497 e. The molecule has 0 aromatic heterocycles. The summed E-state index contributed by atoms with van der Waals surface area (Å²) in [6, 6.07) is 21.4. The zero-order chi connectivity index (χ0) is 21.8. The van der Waals surface area contributed by atoms with Crippen molar-refractivity contribution in [1.29, 1.82) is 0 Å². The SMILES string of the molecule is COc1ccc(N2CCN(c3ccc(C(=O)c4ccccc4)cc3[N+](=O)[O-])CC2)cc1. The molecule has 7 nitrogen and oxygen atoms in total. The molecule has 1 aliphatic heterocycles. The van der Waals surface area contributed by atoms with E-state index in [1.54, 1.807) is 43.5 Å². The first-order valence-electron chi connectivity index (χ1n) is 10.1. The zero-order valence-electron chi connectivity index (χ0n) is 17.2. The molecule has 31 heavy (non-hydrogen) atoms. The van der Waals surface area contributed by atoms with Crippen LogP contribution in [0.1, 0.15) is 15.9 Å². The largest absolute Gasteiger partial charge is 0.497 e. The number of hydrogen-bond donors (Lipinski definition) is 0. The number of nitro benzene ring substituents is 1. The number of piperazine rings is 1. The molecule has 1 fully saturated rings. The van der Waals surface area contributed by atoms with Crippen LogP contribution in [0.15, 0.2) is 72.8 Å². The lowest BCUT2D eigenvalue weighted by Gasteiger charge is -2.37. The zero-order valence-corrected chi connectivity index (χ0v) is 17.2. The van der Waals surface area contributed by atoms with E-state index in [1.165, 1.54) is 6.07 Å². The van der Waals surface area contributed by atoms with Crippen molar-refractivity contribution in [1.82, 2.24) is 0 Å². The lowest BCUT2D eigenvalue weighted by Crippen LogP contribution is -2.46. The highest BCUT2D eigenvalue weighted by molar-refractivity contribution is 6.09. The molecule has 0 radical (unpaired) electrons. The van der Waals surface area contributed by atoms with Gasteiger partial charge in [0.25, 0.3) is 5.69 Å². The van der Waals surface area contributed by atoms with E-state index >= 15 is 0 Å². The molecule has 0 spiro atoms. The van der Waals surface area contributed by atoms with Crippen molar-refractivity contribution in [2.45, 2.75) is 0 Å². The summed E-state index contributed by atoms with van der Waals surface area (Å²) in [7, 11) is 1.64. The number of nitro groups is 1. The van der Waals surface area contributed by atoms with Gasteiger partial charge >= 0.3 is 0 Å². The van der Waals surface area contributed by atoms with Crippen LogP contribution in [0.2, 0.25) is 0 Å². The number of benzene rings is 3. The maximum Gasteiger partial charge on any atom is 0.293 e. The second-order valence-electron chi connectivity index (χ2n) is 7.33. The Kier molecular flexibility index (Phi) is 5.84. The molecule has 0 N–H and O–H groups in total. The van der Waals surface area contributed by atoms with Gasteiger partial charge in [-0.1, -0.05) is 30.3 Å². The number of ether oxygens (including phenoxy) is 1. The van der Waals surface area contributed by atoms with Crippen LogP contribution in [-0.4, -0.2) is 44.0 Å². The summed E-state index contributed by atoms with van der Waals surface area (Å²) in [6.45, 7) is 2.79. The highest BCUT2D eigenvalue weighted by atomic mass is 16.6. The molecule has 0 saturated carbocycles. The quantitative estimate of drug-likeness (QED) is 0.341. The average molecular weight is 417 g/mol. The van der Waals surface area contributed by atoms with Gasteiger partial charge in [-0.15, -0.1) is 0 Å². The Hall–Kier alpha value is -3.87. The van der Waals surface area contributed by atoms with E-state index in [4.69, 9.17) is 4.74 Å². The van der Waals surface area contributed by atoms with Gasteiger partial charge in [-0.05, 0) is 36.4 Å². The molecule has 0 bridgehead atoms. The molecule has 3 aromatic carbocycles. The fourth-order valence-electron chi connectivity index (χ4n) is 3.83. The summed E-state index contributed by atoms with van der Waals surface area (Å²) < 4.78 is 5.21. The lowest BCUT2D eigenvalue weighted by molar-refractivity contribution is -0.384. The summed E-state index contributed by atoms with van der Waals surface area (Å²) in [5.41, 5.74) is 2.43. The van der Waals surface area contributed by atoms with E-state index in [2.05, 4.69) is 4.90 Å². The van der Waals surface area contributed by atoms with E-state index in [1.807, 2.05) is 35.2 Å². The Morgan fingerprint density at radius 3 is 2.13 bits per heavy atom. The molecule has 0 amide bonds. The summed E-state index contributed by atoms with van der Waals surface area (Å²) in [6.07, 6.45) is 0. The van der Waals surface area contributed by atoms with Gasteiger partial charge in [0, 0.05) is 49.1 Å². The lowest BCUT2D eigenvalue weighted by atomic mass is 10.0. The van der Waals surface area contributed by atoms with E-state index in [-0.39, 0.29) is 11.5 Å². The van der Waals surface area contributed by atoms with Crippen LogP contribution < -0.4 is 14.5 Å². The molecule has 1 saturated heterocycles. The third-order valence-electron chi connectivity index (χ3n) is 5.53. The number of carbonyl (C=O) groups excluding carboxylic acids is 1. The van der Waals surface area contributed by atoms with Gasteiger partial charge in [-0.2, -0.15) is 0 Å².